The van der Waals surface area contributed by atoms with E-state index in [4.69, 9.17) is 0 Å². The highest BCUT2D eigenvalue weighted by Crippen LogP contribution is 2.54. The van der Waals surface area contributed by atoms with Gasteiger partial charge in [0, 0.05) is 0 Å². The number of hydrogen-bond acceptors (Lipinski definition) is 0. The Morgan fingerprint density at radius 1 is 1.00 bits per heavy atom. The van der Waals surface area contributed by atoms with E-state index in [1.165, 1.54) is 30.4 Å². The highest BCUT2D eigenvalue weighted by Gasteiger charge is 2.38. The van der Waals surface area contributed by atoms with Crippen molar-refractivity contribution in [2.24, 2.45) is 0 Å². The Bertz CT molecular complexity index is 401. The molecule has 3 rings (SSSR count). The molecule has 0 aliphatic heterocycles. The quantitative estimate of drug-likeness (QED) is 0.575. The molecular formula is C14H18. The van der Waals surface area contributed by atoms with Crippen molar-refractivity contribution in [3.63, 3.8) is 0 Å². The summed E-state index contributed by atoms with van der Waals surface area (Å²) in [6.45, 7) is 6.85. The molecule has 0 N–H and O–H groups in total. The van der Waals surface area contributed by atoms with Crippen LogP contribution in [0.5, 0.6) is 0 Å². The van der Waals surface area contributed by atoms with Crippen LogP contribution in [0.1, 0.15) is 58.9 Å². The van der Waals surface area contributed by atoms with E-state index in [9.17, 15) is 0 Å². The van der Waals surface area contributed by atoms with E-state index >= 15 is 0 Å². The molecule has 14 heavy (non-hydrogen) atoms. The van der Waals surface area contributed by atoms with Crippen molar-refractivity contribution in [1.29, 1.82) is 0 Å². The minimum absolute atomic E-state index is 0.910. The van der Waals surface area contributed by atoms with Gasteiger partial charge in [0.05, 0.1) is 0 Å². The van der Waals surface area contributed by atoms with E-state index in [-0.39, 0.29) is 0 Å². The number of fused-ring (bicyclic) bond motifs is 5. The predicted octanol–water partition coefficient (Wildman–Crippen LogP) is 3.98. The molecule has 2 atom stereocenters. The summed E-state index contributed by atoms with van der Waals surface area (Å²) in [6, 6.07) is 2.46. The molecule has 1 aromatic carbocycles. The fourth-order valence-corrected chi connectivity index (χ4v) is 3.54. The molecule has 1 aromatic rings. The van der Waals surface area contributed by atoms with Gasteiger partial charge < -0.3 is 0 Å². The van der Waals surface area contributed by atoms with Crippen LogP contribution in [0.2, 0.25) is 0 Å². The summed E-state index contributed by atoms with van der Waals surface area (Å²) in [5.74, 6) is 1.82. The molecule has 2 bridgehead atoms. The van der Waals surface area contributed by atoms with Crippen molar-refractivity contribution in [1.82, 2.24) is 0 Å². The van der Waals surface area contributed by atoms with Crippen LogP contribution in [0.25, 0.3) is 0 Å². The minimum atomic E-state index is 0.910. The topological polar surface area (TPSA) is 0 Å². The maximum atomic E-state index is 2.46. The van der Waals surface area contributed by atoms with Crippen LogP contribution in [0.15, 0.2) is 6.07 Å². The molecule has 1 saturated carbocycles. The first-order valence-corrected chi connectivity index (χ1v) is 5.79. The molecule has 2 unspecified atom stereocenters. The van der Waals surface area contributed by atoms with Crippen LogP contribution < -0.4 is 0 Å². The number of aryl methyl sites for hydroxylation is 1. The third-order valence-corrected chi connectivity index (χ3v) is 4.52. The summed E-state index contributed by atoms with van der Waals surface area (Å²) in [6.07, 6.45) is 4.33. The van der Waals surface area contributed by atoms with Crippen molar-refractivity contribution in [3.8, 4) is 0 Å². The molecular weight excluding hydrogens is 168 g/mol. The maximum absolute atomic E-state index is 2.46. The summed E-state index contributed by atoms with van der Waals surface area (Å²) in [7, 11) is 0. The molecule has 0 heterocycles. The number of hydrogen-bond donors (Lipinski definition) is 0. The van der Waals surface area contributed by atoms with Gasteiger partial charge in [0.2, 0.25) is 0 Å². The van der Waals surface area contributed by atoms with Gasteiger partial charge in [0.1, 0.15) is 0 Å². The van der Waals surface area contributed by atoms with Crippen LogP contribution in [0.3, 0.4) is 0 Å². The molecule has 0 nitrogen and oxygen atoms in total. The van der Waals surface area contributed by atoms with Gasteiger partial charge in [-0.2, -0.15) is 0 Å². The summed E-state index contributed by atoms with van der Waals surface area (Å²) in [5.41, 5.74) is 8.03. The first kappa shape index (κ1) is 8.52. The third-order valence-electron chi connectivity index (χ3n) is 4.52. The lowest BCUT2D eigenvalue weighted by molar-refractivity contribution is 0.711. The van der Waals surface area contributed by atoms with E-state index in [0.29, 0.717) is 0 Å². The summed E-state index contributed by atoms with van der Waals surface area (Å²) in [5, 5.41) is 0. The molecule has 0 radical (unpaired) electrons. The Morgan fingerprint density at radius 3 is 2.50 bits per heavy atom. The largest absolute Gasteiger partial charge is 0.0553 e. The van der Waals surface area contributed by atoms with Crippen LogP contribution in [0, 0.1) is 20.8 Å². The highest BCUT2D eigenvalue weighted by atomic mass is 14.4. The Balaban J connectivity index is 2.29. The van der Waals surface area contributed by atoms with Gasteiger partial charge in [0.25, 0.3) is 0 Å². The van der Waals surface area contributed by atoms with Gasteiger partial charge in [-0.3, -0.25) is 0 Å². The number of benzene rings is 1. The first-order valence-electron chi connectivity index (χ1n) is 5.79. The molecule has 0 spiro atoms. The lowest BCUT2D eigenvalue weighted by atomic mass is 9.85. The molecule has 2 aliphatic rings. The highest BCUT2D eigenvalue weighted by molar-refractivity contribution is 5.51. The lowest BCUT2D eigenvalue weighted by Gasteiger charge is -2.20. The summed E-state index contributed by atoms with van der Waals surface area (Å²) >= 11 is 0. The molecule has 1 fully saturated rings. The summed E-state index contributed by atoms with van der Waals surface area (Å²) in [4.78, 5) is 0. The van der Waals surface area contributed by atoms with Crippen molar-refractivity contribution in [2.45, 2.75) is 51.9 Å². The van der Waals surface area contributed by atoms with Gasteiger partial charge in [-0.1, -0.05) is 6.07 Å². The van der Waals surface area contributed by atoms with E-state index in [2.05, 4.69) is 26.8 Å². The van der Waals surface area contributed by atoms with Crippen LogP contribution in [-0.2, 0) is 0 Å². The second kappa shape index (κ2) is 2.62. The van der Waals surface area contributed by atoms with Crippen LogP contribution in [0.4, 0.5) is 0 Å². The maximum Gasteiger partial charge on any atom is -0.0150 e. The average Bonchev–Trinajstić information content (AvgIpc) is 2.74. The SMILES string of the molecule is Cc1cc2c(c(C)c1C)C1CCC2C1. The number of rotatable bonds is 0. The smallest absolute Gasteiger partial charge is 0.0150 e. The molecule has 0 heteroatoms. The van der Waals surface area contributed by atoms with Gasteiger partial charge in [-0.25, -0.2) is 0 Å². The van der Waals surface area contributed by atoms with Gasteiger partial charge >= 0.3 is 0 Å². The van der Waals surface area contributed by atoms with Crippen LogP contribution >= 0.6 is 0 Å². The van der Waals surface area contributed by atoms with Gasteiger partial charge in [-0.05, 0) is 79.7 Å². The van der Waals surface area contributed by atoms with Crippen molar-refractivity contribution >= 4 is 0 Å². The average molecular weight is 186 g/mol. The first-order chi connectivity index (χ1) is 6.68. The zero-order valence-corrected chi connectivity index (χ0v) is 9.35. The lowest BCUT2D eigenvalue weighted by Crippen LogP contribution is -2.03. The van der Waals surface area contributed by atoms with Gasteiger partial charge in [-0.15, -0.1) is 0 Å². The Kier molecular flexibility index (Phi) is 1.60. The molecule has 0 amide bonds. The normalized spacial score (nSPS) is 28.2. The zero-order valence-electron chi connectivity index (χ0n) is 9.35. The van der Waals surface area contributed by atoms with Crippen molar-refractivity contribution in [2.75, 3.05) is 0 Å². The van der Waals surface area contributed by atoms with E-state index in [1.807, 2.05) is 0 Å². The van der Waals surface area contributed by atoms with E-state index in [0.717, 1.165) is 11.8 Å². The fraction of sp³-hybridized carbons (Fsp3) is 0.571. The second-order valence-corrected chi connectivity index (χ2v) is 5.15. The van der Waals surface area contributed by atoms with E-state index < -0.39 is 0 Å². The molecule has 74 valence electrons. The monoisotopic (exact) mass is 186 g/mol. The Morgan fingerprint density at radius 2 is 1.71 bits per heavy atom. The minimum Gasteiger partial charge on any atom is -0.0553 e. The molecule has 0 aromatic heterocycles. The van der Waals surface area contributed by atoms with Crippen molar-refractivity contribution in [3.05, 3.63) is 33.9 Å². The summed E-state index contributed by atoms with van der Waals surface area (Å²) < 4.78 is 0. The molecule has 2 aliphatic carbocycles. The Labute approximate surface area is 86.3 Å². The standard InChI is InChI=1S/C14H18/c1-8-6-13-11-4-5-12(7-11)14(13)10(3)9(8)2/h6,11-12H,4-5,7H2,1-3H3. The second-order valence-electron chi connectivity index (χ2n) is 5.15. The van der Waals surface area contributed by atoms with Crippen LogP contribution in [-0.4, -0.2) is 0 Å². The molecule has 0 saturated heterocycles. The van der Waals surface area contributed by atoms with Gasteiger partial charge in [0.15, 0.2) is 0 Å². The fourth-order valence-electron chi connectivity index (χ4n) is 3.54. The zero-order chi connectivity index (χ0) is 9.87. The third kappa shape index (κ3) is 0.893. The Hall–Kier alpha value is -0.780. The predicted molar refractivity (Wildman–Crippen MR) is 60.0 cm³/mol. The van der Waals surface area contributed by atoms with E-state index in [1.54, 1.807) is 16.7 Å². The van der Waals surface area contributed by atoms with Crippen molar-refractivity contribution < 1.29 is 0 Å².